The van der Waals surface area contributed by atoms with E-state index in [9.17, 15) is 4.79 Å². The first-order chi connectivity index (χ1) is 11.7. The monoisotopic (exact) mass is 363 g/mol. The minimum atomic E-state index is 0.288. The van der Waals surface area contributed by atoms with E-state index in [1.165, 1.54) is 0 Å². The summed E-state index contributed by atoms with van der Waals surface area (Å²) in [5.74, 6) is 0.288. The summed E-state index contributed by atoms with van der Waals surface area (Å²) in [6.45, 7) is 6.39. The third-order valence-corrected chi connectivity index (χ3v) is 5.41. The normalized spacial score (nSPS) is 15.7. The summed E-state index contributed by atoms with van der Waals surface area (Å²) in [5, 5.41) is 3.89. The highest BCUT2D eigenvalue weighted by molar-refractivity contribution is 7.13. The SMILES string of the molecule is CCCC(=O)N1CCN(Cc2csc(-c3ccc(Cl)cc3)n2)CC1. The number of hydrogen-bond acceptors (Lipinski definition) is 4. The summed E-state index contributed by atoms with van der Waals surface area (Å²) in [6.07, 6.45) is 1.59. The van der Waals surface area contributed by atoms with Gasteiger partial charge in [0, 0.05) is 55.1 Å². The average Bonchev–Trinajstić information content (AvgIpc) is 3.05. The summed E-state index contributed by atoms with van der Waals surface area (Å²) in [6, 6.07) is 7.79. The molecule has 1 amide bonds. The third-order valence-electron chi connectivity index (χ3n) is 4.22. The van der Waals surface area contributed by atoms with Gasteiger partial charge in [-0.1, -0.05) is 30.7 Å². The van der Waals surface area contributed by atoms with Crippen LogP contribution in [0.5, 0.6) is 0 Å². The van der Waals surface area contributed by atoms with Gasteiger partial charge in [0.05, 0.1) is 5.69 Å². The molecular formula is C18H22ClN3OS. The fraction of sp³-hybridized carbons (Fsp3) is 0.444. The standard InChI is InChI=1S/C18H22ClN3OS/c1-2-3-17(23)22-10-8-21(9-11-22)12-16-13-24-18(20-16)14-4-6-15(19)7-5-14/h4-7,13H,2-3,8-12H2,1H3. The second-order valence-corrected chi connectivity index (χ2v) is 7.35. The highest BCUT2D eigenvalue weighted by atomic mass is 35.5. The zero-order chi connectivity index (χ0) is 16.9. The van der Waals surface area contributed by atoms with Crippen molar-refractivity contribution in [3.05, 3.63) is 40.4 Å². The molecule has 1 fully saturated rings. The van der Waals surface area contributed by atoms with Gasteiger partial charge in [0.15, 0.2) is 0 Å². The Kier molecular flexibility index (Phi) is 5.87. The van der Waals surface area contributed by atoms with Gasteiger partial charge < -0.3 is 4.90 Å². The molecule has 4 nitrogen and oxygen atoms in total. The van der Waals surface area contributed by atoms with E-state index >= 15 is 0 Å². The van der Waals surface area contributed by atoms with Crippen molar-refractivity contribution in [3.8, 4) is 10.6 Å². The summed E-state index contributed by atoms with van der Waals surface area (Å²) >= 11 is 7.60. The summed E-state index contributed by atoms with van der Waals surface area (Å²) < 4.78 is 0. The van der Waals surface area contributed by atoms with Crippen LogP contribution in [-0.4, -0.2) is 46.9 Å². The molecule has 128 valence electrons. The molecule has 2 aromatic rings. The van der Waals surface area contributed by atoms with Crippen molar-refractivity contribution in [2.75, 3.05) is 26.2 Å². The Bertz CT molecular complexity index is 678. The predicted octanol–water partition coefficient (Wildman–Crippen LogP) is 3.91. The fourth-order valence-corrected chi connectivity index (χ4v) is 3.80. The van der Waals surface area contributed by atoms with Crippen LogP contribution in [0.25, 0.3) is 10.6 Å². The number of rotatable bonds is 5. The molecule has 0 N–H and O–H groups in total. The van der Waals surface area contributed by atoms with Gasteiger partial charge in [0.25, 0.3) is 0 Å². The van der Waals surface area contributed by atoms with E-state index in [-0.39, 0.29) is 5.91 Å². The highest BCUT2D eigenvalue weighted by Crippen LogP contribution is 2.25. The molecule has 1 aliphatic rings. The maximum atomic E-state index is 11.9. The molecule has 2 heterocycles. The third kappa shape index (κ3) is 4.35. The first-order valence-electron chi connectivity index (χ1n) is 8.36. The second-order valence-electron chi connectivity index (χ2n) is 6.06. The first-order valence-corrected chi connectivity index (χ1v) is 9.62. The lowest BCUT2D eigenvalue weighted by Gasteiger charge is -2.34. The van der Waals surface area contributed by atoms with Crippen molar-refractivity contribution >= 4 is 28.8 Å². The lowest BCUT2D eigenvalue weighted by molar-refractivity contribution is -0.133. The van der Waals surface area contributed by atoms with E-state index in [1.54, 1.807) is 11.3 Å². The van der Waals surface area contributed by atoms with Crippen molar-refractivity contribution in [1.82, 2.24) is 14.8 Å². The second kappa shape index (κ2) is 8.10. The lowest BCUT2D eigenvalue weighted by atomic mass is 10.2. The van der Waals surface area contributed by atoms with Gasteiger partial charge in [-0.25, -0.2) is 4.98 Å². The molecule has 1 aromatic heterocycles. The van der Waals surface area contributed by atoms with Crippen LogP contribution in [0.4, 0.5) is 0 Å². The van der Waals surface area contributed by atoms with Gasteiger partial charge in [-0.05, 0) is 18.6 Å². The number of halogens is 1. The number of nitrogens with zero attached hydrogens (tertiary/aromatic N) is 3. The Balaban J connectivity index is 1.54. The molecule has 0 bridgehead atoms. The Labute approximate surface area is 152 Å². The molecule has 0 spiro atoms. The summed E-state index contributed by atoms with van der Waals surface area (Å²) in [7, 11) is 0. The fourth-order valence-electron chi connectivity index (χ4n) is 2.86. The van der Waals surface area contributed by atoms with E-state index in [2.05, 4.69) is 17.2 Å². The number of carbonyl (C=O) groups is 1. The zero-order valence-corrected chi connectivity index (χ0v) is 15.4. The van der Waals surface area contributed by atoms with Crippen LogP contribution in [0, 0.1) is 0 Å². The number of hydrogen-bond donors (Lipinski definition) is 0. The van der Waals surface area contributed by atoms with Gasteiger partial charge in [0.1, 0.15) is 5.01 Å². The Morgan fingerprint density at radius 3 is 2.58 bits per heavy atom. The number of amides is 1. The van der Waals surface area contributed by atoms with Crippen molar-refractivity contribution in [2.45, 2.75) is 26.3 Å². The molecule has 0 saturated carbocycles. The van der Waals surface area contributed by atoms with Crippen molar-refractivity contribution in [2.24, 2.45) is 0 Å². The lowest BCUT2D eigenvalue weighted by Crippen LogP contribution is -2.48. The molecule has 3 rings (SSSR count). The number of carbonyl (C=O) groups excluding carboxylic acids is 1. The zero-order valence-electron chi connectivity index (χ0n) is 13.9. The number of benzene rings is 1. The van der Waals surface area contributed by atoms with Gasteiger partial charge in [-0.2, -0.15) is 0 Å². The molecule has 1 aromatic carbocycles. The van der Waals surface area contributed by atoms with Gasteiger partial charge >= 0.3 is 0 Å². The topological polar surface area (TPSA) is 36.4 Å². The maximum Gasteiger partial charge on any atom is 0.222 e. The van der Waals surface area contributed by atoms with E-state index < -0.39 is 0 Å². The van der Waals surface area contributed by atoms with Crippen molar-refractivity contribution < 1.29 is 4.79 Å². The van der Waals surface area contributed by atoms with E-state index in [0.717, 1.165) is 60.4 Å². The molecule has 1 aliphatic heterocycles. The Morgan fingerprint density at radius 1 is 1.21 bits per heavy atom. The van der Waals surface area contributed by atoms with E-state index in [0.29, 0.717) is 6.42 Å². The van der Waals surface area contributed by atoms with Crippen LogP contribution in [0.2, 0.25) is 5.02 Å². The molecule has 24 heavy (non-hydrogen) atoms. The molecule has 6 heteroatoms. The van der Waals surface area contributed by atoms with Crippen LogP contribution in [0.1, 0.15) is 25.5 Å². The van der Waals surface area contributed by atoms with Crippen LogP contribution in [0.15, 0.2) is 29.6 Å². The molecular weight excluding hydrogens is 342 g/mol. The van der Waals surface area contributed by atoms with E-state index in [4.69, 9.17) is 16.6 Å². The van der Waals surface area contributed by atoms with Gasteiger partial charge in [-0.3, -0.25) is 9.69 Å². The molecule has 1 saturated heterocycles. The molecule has 0 radical (unpaired) electrons. The maximum absolute atomic E-state index is 11.9. The summed E-state index contributed by atoms with van der Waals surface area (Å²) in [4.78, 5) is 21.0. The predicted molar refractivity (Wildman–Crippen MR) is 99.3 cm³/mol. The van der Waals surface area contributed by atoms with Crippen LogP contribution in [0.3, 0.4) is 0 Å². The van der Waals surface area contributed by atoms with Crippen LogP contribution >= 0.6 is 22.9 Å². The van der Waals surface area contributed by atoms with Crippen LogP contribution < -0.4 is 0 Å². The quantitative estimate of drug-likeness (QED) is 0.808. The number of aromatic nitrogens is 1. The molecule has 0 unspecified atom stereocenters. The first kappa shape index (κ1) is 17.4. The minimum Gasteiger partial charge on any atom is -0.340 e. The van der Waals surface area contributed by atoms with Crippen molar-refractivity contribution in [3.63, 3.8) is 0 Å². The van der Waals surface area contributed by atoms with Crippen molar-refractivity contribution in [1.29, 1.82) is 0 Å². The Morgan fingerprint density at radius 2 is 1.92 bits per heavy atom. The minimum absolute atomic E-state index is 0.288. The average molecular weight is 364 g/mol. The van der Waals surface area contributed by atoms with Gasteiger partial charge in [-0.15, -0.1) is 11.3 Å². The smallest absolute Gasteiger partial charge is 0.222 e. The van der Waals surface area contributed by atoms with Gasteiger partial charge in [0.2, 0.25) is 5.91 Å². The highest BCUT2D eigenvalue weighted by Gasteiger charge is 2.21. The summed E-state index contributed by atoms with van der Waals surface area (Å²) in [5.41, 5.74) is 2.20. The number of piperazine rings is 1. The van der Waals surface area contributed by atoms with Crippen LogP contribution in [-0.2, 0) is 11.3 Å². The Hall–Kier alpha value is -1.43. The molecule has 0 aliphatic carbocycles. The number of thiazole rings is 1. The van der Waals surface area contributed by atoms with E-state index in [1.807, 2.05) is 29.2 Å². The largest absolute Gasteiger partial charge is 0.340 e. The molecule has 0 atom stereocenters.